The van der Waals surface area contributed by atoms with E-state index in [0.717, 1.165) is 39.2 Å². The Morgan fingerprint density at radius 3 is 2.76 bits per heavy atom. The molecule has 0 aliphatic carbocycles. The second-order valence-corrected chi connectivity index (χ2v) is 7.44. The molecular formula is C19H18ClNO3S. The molecule has 0 radical (unpaired) electrons. The molecule has 0 amide bonds. The van der Waals surface area contributed by atoms with Gasteiger partial charge in [0.05, 0.1) is 30.7 Å². The zero-order valence-electron chi connectivity index (χ0n) is 13.9. The molecule has 1 aliphatic heterocycles. The third-order valence-corrected chi connectivity index (χ3v) is 6.34. The quantitative estimate of drug-likeness (QED) is 0.707. The fourth-order valence-electron chi connectivity index (χ4n) is 3.43. The van der Waals surface area contributed by atoms with Gasteiger partial charge < -0.3 is 19.9 Å². The maximum absolute atomic E-state index is 10.2. The summed E-state index contributed by atoms with van der Waals surface area (Å²) in [6.45, 7) is 0.841. The smallest absolute Gasteiger partial charge is 0.160 e. The largest absolute Gasteiger partial charge is 0.504 e. The van der Waals surface area contributed by atoms with Crippen molar-refractivity contribution in [3.8, 4) is 17.2 Å². The summed E-state index contributed by atoms with van der Waals surface area (Å²) in [4.78, 5) is 1.03. The molecule has 6 heteroatoms. The van der Waals surface area contributed by atoms with E-state index in [4.69, 9.17) is 21.1 Å². The molecule has 1 aliphatic rings. The number of thiophene rings is 1. The summed E-state index contributed by atoms with van der Waals surface area (Å²) in [6, 6.07) is 9.58. The zero-order chi connectivity index (χ0) is 17.6. The van der Waals surface area contributed by atoms with Gasteiger partial charge in [-0.1, -0.05) is 17.7 Å². The first kappa shape index (κ1) is 16.5. The maximum Gasteiger partial charge on any atom is 0.160 e. The predicted octanol–water partition coefficient (Wildman–Crippen LogP) is 4.51. The highest BCUT2D eigenvalue weighted by molar-refractivity contribution is 7.20. The van der Waals surface area contributed by atoms with Crippen LogP contribution >= 0.6 is 22.9 Å². The van der Waals surface area contributed by atoms with E-state index in [1.54, 1.807) is 31.6 Å². The minimum atomic E-state index is -0.0600. The normalized spacial score (nSPS) is 16.7. The van der Waals surface area contributed by atoms with Crippen molar-refractivity contribution in [1.29, 1.82) is 0 Å². The Morgan fingerprint density at radius 2 is 2.00 bits per heavy atom. The van der Waals surface area contributed by atoms with E-state index < -0.39 is 0 Å². The summed E-state index contributed by atoms with van der Waals surface area (Å²) in [5.41, 5.74) is 2.20. The van der Waals surface area contributed by atoms with Crippen molar-refractivity contribution in [2.45, 2.75) is 12.5 Å². The number of rotatable bonds is 3. The minimum absolute atomic E-state index is 0.0600. The number of fused-ring (bicyclic) bond motifs is 2. The number of aromatic hydroxyl groups is 1. The lowest BCUT2D eigenvalue weighted by Gasteiger charge is -2.27. The highest BCUT2D eigenvalue weighted by Crippen LogP contribution is 2.46. The minimum Gasteiger partial charge on any atom is -0.504 e. The third-order valence-electron chi connectivity index (χ3n) is 4.62. The van der Waals surface area contributed by atoms with Crippen LogP contribution in [-0.4, -0.2) is 25.9 Å². The molecule has 2 N–H and O–H groups in total. The second kappa shape index (κ2) is 6.41. The Balaban J connectivity index is 1.89. The Morgan fingerprint density at radius 1 is 1.20 bits per heavy atom. The molecule has 1 atom stereocenters. The van der Waals surface area contributed by atoms with Gasteiger partial charge in [0.1, 0.15) is 5.75 Å². The van der Waals surface area contributed by atoms with Gasteiger partial charge in [-0.05, 0) is 41.8 Å². The maximum atomic E-state index is 10.2. The third kappa shape index (κ3) is 2.63. The highest BCUT2D eigenvalue weighted by Gasteiger charge is 2.28. The molecule has 0 bridgehead atoms. The van der Waals surface area contributed by atoms with Gasteiger partial charge in [-0.3, -0.25) is 0 Å². The first-order chi connectivity index (χ1) is 12.1. The number of phenols is 1. The van der Waals surface area contributed by atoms with Crippen LogP contribution in [0.1, 0.15) is 22.0 Å². The Bertz CT molecular complexity index is 953. The molecule has 4 nitrogen and oxygen atoms in total. The number of nitrogens with one attached hydrogen (secondary N) is 1. The van der Waals surface area contributed by atoms with E-state index in [2.05, 4.69) is 5.32 Å². The van der Waals surface area contributed by atoms with Gasteiger partial charge in [-0.25, -0.2) is 0 Å². The molecule has 3 aromatic rings. The summed E-state index contributed by atoms with van der Waals surface area (Å²) in [5, 5.41) is 15.4. The highest BCUT2D eigenvalue weighted by atomic mass is 35.5. The van der Waals surface area contributed by atoms with Crippen molar-refractivity contribution in [1.82, 2.24) is 5.32 Å². The number of methoxy groups -OCH3 is 2. The lowest BCUT2D eigenvalue weighted by atomic mass is 9.92. The van der Waals surface area contributed by atoms with Gasteiger partial charge in [-0.2, -0.15) is 0 Å². The molecule has 1 aromatic heterocycles. The fourth-order valence-corrected chi connectivity index (χ4v) is 5.11. The van der Waals surface area contributed by atoms with Crippen LogP contribution in [0.25, 0.3) is 10.1 Å². The lowest BCUT2D eigenvalue weighted by Crippen LogP contribution is -2.30. The summed E-state index contributed by atoms with van der Waals surface area (Å²) < 4.78 is 11.8. The van der Waals surface area contributed by atoms with Crippen molar-refractivity contribution < 1.29 is 14.6 Å². The number of hydrogen-bond donors (Lipinski definition) is 2. The topological polar surface area (TPSA) is 50.7 Å². The van der Waals surface area contributed by atoms with E-state index in [0.29, 0.717) is 10.8 Å². The molecule has 4 rings (SSSR count). The summed E-state index contributed by atoms with van der Waals surface area (Å²) >= 11 is 8.39. The van der Waals surface area contributed by atoms with Crippen molar-refractivity contribution in [2.75, 3.05) is 20.8 Å². The monoisotopic (exact) mass is 375 g/mol. The van der Waals surface area contributed by atoms with Crippen LogP contribution in [-0.2, 0) is 6.42 Å². The molecule has 25 heavy (non-hydrogen) atoms. The van der Waals surface area contributed by atoms with Crippen molar-refractivity contribution in [3.05, 3.63) is 51.4 Å². The average Bonchev–Trinajstić information content (AvgIpc) is 2.97. The summed E-state index contributed by atoms with van der Waals surface area (Å²) in [5.74, 6) is 1.42. The van der Waals surface area contributed by atoms with E-state index in [-0.39, 0.29) is 11.8 Å². The van der Waals surface area contributed by atoms with Crippen LogP contribution in [0.15, 0.2) is 30.3 Å². The van der Waals surface area contributed by atoms with Crippen LogP contribution in [0.4, 0.5) is 0 Å². The Labute approximate surface area is 155 Å². The second-order valence-electron chi connectivity index (χ2n) is 5.97. The first-order valence-corrected chi connectivity index (χ1v) is 9.21. The van der Waals surface area contributed by atoms with Crippen LogP contribution in [0.3, 0.4) is 0 Å². The van der Waals surface area contributed by atoms with Crippen LogP contribution in [0, 0.1) is 0 Å². The Hall–Kier alpha value is -1.95. The van der Waals surface area contributed by atoms with Gasteiger partial charge in [0.2, 0.25) is 0 Å². The fraction of sp³-hybridized carbons (Fsp3) is 0.263. The van der Waals surface area contributed by atoms with E-state index >= 15 is 0 Å². The standard InChI is InChI=1S/C19H18ClNO3S/c1-23-13-4-3-5-15-16(13)17(20)19(25-15)18-11-9-12(22)14(24-2)8-10(11)6-7-21-18/h3-5,8-9,18,21-22H,6-7H2,1-2H3. The number of hydrogen-bond acceptors (Lipinski definition) is 5. The number of benzene rings is 2. The Kier molecular flexibility index (Phi) is 4.23. The predicted molar refractivity (Wildman–Crippen MR) is 102 cm³/mol. The van der Waals surface area contributed by atoms with E-state index in [1.165, 1.54) is 5.56 Å². The SMILES string of the molecule is COc1cc2c(cc1O)C(c1sc3cccc(OC)c3c1Cl)NCC2. The summed E-state index contributed by atoms with van der Waals surface area (Å²) in [6.07, 6.45) is 0.883. The van der Waals surface area contributed by atoms with Crippen LogP contribution < -0.4 is 14.8 Å². The van der Waals surface area contributed by atoms with Gasteiger partial charge in [0, 0.05) is 16.1 Å². The molecule has 0 saturated carbocycles. The van der Waals surface area contributed by atoms with Crippen molar-refractivity contribution >= 4 is 33.0 Å². The van der Waals surface area contributed by atoms with Gasteiger partial charge in [0.25, 0.3) is 0 Å². The molecule has 0 fully saturated rings. The molecule has 1 unspecified atom stereocenters. The number of phenolic OH excluding ortho intramolecular Hbond substituents is 1. The van der Waals surface area contributed by atoms with Gasteiger partial charge in [0.15, 0.2) is 11.5 Å². The molecule has 130 valence electrons. The van der Waals surface area contributed by atoms with Gasteiger partial charge in [-0.15, -0.1) is 11.3 Å². The first-order valence-electron chi connectivity index (χ1n) is 8.02. The average molecular weight is 376 g/mol. The van der Waals surface area contributed by atoms with Crippen LogP contribution in [0.5, 0.6) is 17.2 Å². The summed E-state index contributed by atoms with van der Waals surface area (Å²) in [7, 11) is 3.22. The molecule has 0 spiro atoms. The zero-order valence-corrected chi connectivity index (χ0v) is 15.5. The van der Waals surface area contributed by atoms with Crippen molar-refractivity contribution in [2.24, 2.45) is 0 Å². The van der Waals surface area contributed by atoms with Crippen molar-refractivity contribution in [3.63, 3.8) is 0 Å². The lowest BCUT2D eigenvalue weighted by molar-refractivity contribution is 0.371. The molecule has 0 saturated heterocycles. The van der Waals surface area contributed by atoms with E-state index in [9.17, 15) is 5.11 Å². The molecular weight excluding hydrogens is 358 g/mol. The number of halogens is 1. The number of ether oxygens (including phenoxy) is 2. The van der Waals surface area contributed by atoms with Gasteiger partial charge >= 0.3 is 0 Å². The molecule has 2 aromatic carbocycles. The van der Waals surface area contributed by atoms with E-state index in [1.807, 2.05) is 24.3 Å². The molecule has 2 heterocycles. The van der Waals surface area contributed by atoms with Crippen LogP contribution in [0.2, 0.25) is 5.02 Å².